The number of carboxylic acids is 1. The van der Waals surface area contributed by atoms with Crippen molar-refractivity contribution in [3.05, 3.63) is 23.9 Å². The zero-order valence-corrected chi connectivity index (χ0v) is 7.05. The molecule has 0 fully saturated rings. The van der Waals surface area contributed by atoms with Crippen molar-refractivity contribution in [3.8, 4) is 0 Å². The third kappa shape index (κ3) is 4.27. The number of rotatable bonds is 3. The van der Waals surface area contributed by atoms with Crippen LogP contribution in [0.25, 0.3) is 0 Å². The molecule has 0 rings (SSSR count). The minimum Gasteiger partial charge on any atom is -0.478 e. The second-order valence-electron chi connectivity index (χ2n) is 2.40. The molecule has 2 N–H and O–H groups in total. The first-order valence-corrected chi connectivity index (χ1v) is 3.31. The molecule has 0 aromatic heterocycles. The molecule has 0 saturated heterocycles. The minimum absolute atomic E-state index is 0.288. The summed E-state index contributed by atoms with van der Waals surface area (Å²) in [7, 11) is 0. The lowest BCUT2D eigenvalue weighted by Gasteiger charge is -2.02. The van der Waals surface area contributed by atoms with Crippen LogP contribution < -0.4 is 5.32 Å². The van der Waals surface area contributed by atoms with Crippen LogP contribution in [0.3, 0.4) is 0 Å². The molecule has 4 heteroatoms. The highest BCUT2D eigenvalue weighted by Crippen LogP contribution is 1.91. The van der Waals surface area contributed by atoms with E-state index in [9.17, 15) is 9.59 Å². The van der Waals surface area contributed by atoms with Crippen molar-refractivity contribution in [2.45, 2.75) is 13.8 Å². The second kappa shape index (κ2) is 4.33. The smallest absolute Gasteiger partial charge is 0.330 e. The standard InChI is InChI=1S/C8H11NO3/c1-5(2)8(12)9-6(3)4-7(10)11/h4H,1H2,2-3H3,(H,9,12)(H,10,11)/b6-4+. The van der Waals surface area contributed by atoms with Crippen molar-refractivity contribution < 1.29 is 14.7 Å². The summed E-state index contributed by atoms with van der Waals surface area (Å²) in [5.41, 5.74) is 0.628. The van der Waals surface area contributed by atoms with Crippen molar-refractivity contribution in [2.24, 2.45) is 0 Å². The number of aliphatic carboxylic acids is 1. The zero-order valence-electron chi connectivity index (χ0n) is 7.05. The maximum Gasteiger partial charge on any atom is 0.330 e. The Morgan fingerprint density at radius 1 is 1.42 bits per heavy atom. The van der Waals surface area contributed by atoms with E-state index in [0.29, 0.717) is 5.57 Å². The van der Waals surface area contributed by atoms with Crippen LogP contribution in [0.15, 0.2) is 23.9 Å². The Hall–Kier alpha value is -1.58. The molecule has 66 valence electrons. The Balaban J connectivity index is 4.19. The normalized spacial score (nSPS) is 10.7. The Bertz CT molecular complexity index is 253. The number of hydrogen-bond donors (Lipinski definition) is 2. The maximum atomic E-state index is 10.9. The van der Waals surface area contributed by atoms with E-state index in [1.807, 2.05) is 0 Å². The van der Waals surface area contributed by atoms with Crippen LogP contribution in [0.2, 0.25) is 0 Å². The van der Waals surface area contributed by atoms with Gasteiger partial charge in [-0.15, -0.1) is 0 Å². The molecule has 0 aliphatic rings. The summed E-state index contributed by atoms with van der Waals surface area (Å²) in [5.74, 6) is -1.46. The van der Waals surface area contributed by atoms with Crippen molar-refractivity contribution in [1.29, 1.82) is 0 Å². The Labute approximate surface area is 70.6 Å². The molecule has 0 aliphatic heterocycles. The number of carbonyl (C=O) groups excluding carboxylic acids is 1. The van der Waals surface area contributed by atoms with Crippen molar-refractivity contribution >= 4 is 11.9 Å². The fourth-order valence-electron chi connectivity index (χ4n) is 0.507. The summed E-state index contributed by atoms with van der Waals surface area (Å²) >= 11 is 0. The van der Waals surface area contributed by atoms with Gasteiger partial charge >= 0.3 is 5.97 Å². The molecule has 4 nitrogen and oxygen atoms in total. The van der Waals surface area contributed by atoms with Crippen molar-refractivity contribution in [1.82, 2.24) is 5.32 Å². The average Bonchev–Trinajstić information content (AvgIpc) is 1.84. The average molecular weight is 169 g/mol. The topological polar surface area (TPSA) is 66.4 Å². The highest BCUT2D eigenvalue weighted by Gasteiger charge is 2.01. The lowest BCUT2D eigenvalue weighted by molar-refractivity contribution is -0.131. The van der Waals surface area contributed by atoms with Crippen LogP contribution in [0.4, 0.5) is 0 Å². The number of nitrogens with one attached hydrogen (secondary N) is 1. The molecule has 0 radical (unpaired) electrons. The van der Waals surface area contributed by atoms with E-state index in [-0.39, 0.29) is 11.6 Å². The van der Waals surface area contributed by atoms with Gasteiger partial charge in [0.05, 0.1) is 0 Å². The highest BCUT2D eigenvalue weighted by atomic mass is 16.4. The first kappa shape index (κ1) is 10.4. The SMILES string of the molecule is C=C(C)C(=O)N/C(C)=C/C(=O)O. The molecule has 0 atom stereocenters. The lowest BCUT2D eigenvalue weighted by Crippen LogP contribution is -2.22. The molecule has 1 amide bonds. The first-order valence-electron chi connectivity index (χ1n) is 3.31. The summed E-state index contributed by atoms with van der Waals surface area (Å²) in [5, 5.41) is 10.6. The molecule has 0 bridgehead atoms. The molecule has 0 aliphatic carbocycles. The number of amides is 1. The Morgan fingerprint density at radius 3 is 2.25 bits per heavy atom. The molecule has 0 aromatic rings. The highest BCUT2D eigenvalue weighted by molar-refractivity contribution is 5.94. The molecule has 12 heavy (non-hydrogen) atoms. The summed E-state index contributed by atoms with van der Waals surface area (Å²) in [4.78, 5) is 21.0. The van der Waals surface area contributed by atoms with Gasteiger partial charge < -0.3 is 10.4 Å². The fraction of sp³-hybridized carbons (Fsp3) is 0.250. The van der Waals surface area contributed by atoms with Gasteiger partial charge in [-0.25, -0.2) is 4.79 Å². The monoisotopic (exact) mass is 169 g/mol. The van der Waals surface area contributed by atoms with Gasteiger partial charge in [-0.1, -0.05) is 6.58 Å². The maximum absolute atomic E-state index is 10.9. The first-order chi connectivity index (χ1) is 5.43. The van der Waals surface area contributed by atoms with Crippen LogP contribution in [0.1, 0.15) is 13.8 Å². The molecular formula is C8H11NO3. The van der Waals surface area contributed by atoms with Gasteiger partial charge in [-0.05, 0) is 13.8 Å². The van der Waals surface area contributed by atoms with E-state index in [0.717, 1.165) is 6.08 Å². The van der Waals surface area contributed by atoms with E-state index in [4.69, 9.17) is 5.11 Å². The predicted octanol–water partition coefficient (Wildman–Crippen LogP) is 0.667. The lowest BCUT2D eigenvalue weighted by atomic mass is 10.3. The van der Waals surface area contributed by atoms with E-state index in [1.165, 1.54) is 6.92 Å². The fourth-order valence-corrected chi connectivity index (χ4v) is 0.507. The molecule has 0 heterocycles. The van der Waals surface area contributed by atoms with E-state index >= 15 is 0 Å². The van der Waals surface area contributed by atoms with E-state index < -0.39 is 5.97 Å². The predicted molar refractivity (Wildman–Crippen MR) is 44.3 cm³/mol. The number of hydrogen-bond acceptors (Lipinski definition) is 2. The Kier molecular flexibility index (Phi) is 3.76. The largest absolute Gasteiger partial charge is 0.478 e. The van der Waals surface area contributed by atoms with Gasteiger partial charge in [-0.3, -0.25) is 4.79 Å². The second-order valence-corrected chi connectivity index (χ2v) is 2.40. The van der Waals surface area contributed by atoms with Gasteiger partial charge in [0.1, 0.15) is 0 Å². The van der Waals surface area contributed by atoms with E-state index in [1.54, 1.807) is 6.92 Å². The van der Waals surface area contributed by atoms with Gasteiger partial charge in [-0.2, -0.15) is 0 Å². The van der Waals surface area contributed by atoms with Crippen molar-refractivity contribution in [2.75, 3.05) is 0 Å². The van der Waals surface area contributed by atoms with Gasteiger partial charge in [0, 0.05) is 17.3 Å². The quantitative estimate of drug-likeness (QED) is 0.610. The van der Waals surface area contributed by atoms with Gasteiger partial charge in [0.25, 0.3) is 0 Å². The number of allylic oxidation sites excluding steroid dienone is 1. The molecule has 0 unspecified atom stereocenters. The summed E-state index contributed by atoms with van der Waals surface area (Å²) in [6.45, 7) is 6.44. The zero-order chi connectivity index (χ0) is 9.72. The van der Waals surface area contributed by atoms with Crippen LogP contribution in [0.5, 0.6) is 0 Å². The summed E-state index contributed by atoms with van der Waals surface area (Å²) < 4.78 is 0. The van der Waals surface area contributed by atoms with Gasteiger partial charge in [0.15, 0.2) is 0 Å². The number of carboxylic acid groups (broad SMARTS) is 1. The van der Waals surface area contributed by atoms with Crippen LogP contribution in [-0.2, 0) is 9.59 Å². The van der Waals surface area contributed by atoms with Crippen LogP contribution in [-0.4, -0.2) is 17.0 Å². The van der Waals surface area contributed by atoms with Crippen molar-refractivity contribution in [3.63, 3.8) is 0 Å². The molecular weight excluding hydrogens is 158 g/mol. The van der Waals surface area contributed by atoms with Crippen LogP contribution in [0, 0.1) is 0 Å². The molecule has 0 aromatic carbocycles. The third-order valence-corrected chi connectivity index (χ3v) is 1.04. The third-order valence-electron chi connectivity index (χ3n) is 1.04. The molecule has 0 saturated carbocycles. The Morgan fingerprint density at radius 2 is 1.92 bits per heavy atom. The van der Waals surface area contributed by atoms with E-state index in [2.05, 4.69) is 11.9 Å². The molecule has 0 spiro atoms. The summed E-state index contributed by atoms with van der Waals surface area (Å²) in [6.07, 6.45) is 0.918. The number of carbonyl (C=O) groups is 2. The summed E-state index contributed by atoms with van der Waals surface area (Å²) in [6, 6.07) is 0. The van der Waals surface area contributed by atoms with Gasteiger partial charge in [0.2, 0.25) is 5.91 Å². The van der Waals surface area contributed by atoms with Crippen LogP contribution >= 0.6 is 0 Å². The minimum atomic E-state index is -1.09.